The highest BCUT2D eigenvalue weighted by atomic mass is 79.9. The predicted molar refractivity (Wildman–Crippen MR) is 68.6 cm³/mol. The highest BCUT2D eigenvalue weighted by Crippen LogP contribution is 2.18. The Balaban J connectivity index is 1.90. The lowest BCUT2D eigenvalue weighted by Crippen LogP contribution is -2.43. The summed E-state index contributed by atoms with van der Waals surface area (Å²) in [7, 11) is 1.75. The summed E-state index contributed by atoms with van der Waals surface area (Å²) in [5.74, 6) is 0.683. The van der Waals surface area contributed by atoms with Gasteiger partial charge in [0.15, 0.2) is 4.67 Å². The molecule has 18 heavy (non-hydrogen) atoms. The first-order valence-electron chi connectivity index (χ1n) is 5.82. The number of hydrogen-bond donors (Lipinski definition) is 1. The maximum atomic E-state index is 12.1. The molecule has 0 spiro atoms. The van der Waals surface area contributed by atoms with E-state index >= 15 is 0 Å². The number of piperidine rings is 1. The van der Waals surface area contributed by atoms with Gasteiger partial charge in [-0.2, -0.15) is 0 Å². The number of nitrogens with zero attached hydrogens (tertiary/aromatic N) is 1. The molecule has 1 saturated heterocycles. The quantitative estimate of drug-likeness (QED) is 0.920. The molecule has 6 heteroatoms. The van der Waals surface area contributed by atoms with E-state index in [2.05, 4.69) is 21.2 Å². The highest BCUT2D eigenvalue weighted by molar-refractivity contribution is 9.10. The Kier molecular flexibility index (Phi) is 4.06. The van der Waals surface area contributed by atoms with Gasteiger partial charge in [0.2, 0.25) is 11.8 Å². The summed E-state index contributed by atoms with van der Waals surface area (Å²) >= 11 is 3.22. The van der Waals surface area contributed by atoms with Crippen molar-refractivity contribution in [3.63, 3.8) is 0 Å². The molecular formula is C12H15BrN2O3. The van der Waals surface area contributed by atoms with Crippen molar-refractivity contribution < 1.29 is 14.0 Å². The van der Waals surface area contributed by atoms with Crippen molar-refractivity contribution in [3.8, 4) is 0 Å². The molecule has 1 atom stereocenters. The monoisotopic (exact) mass is 314 g/mol. The molecule has 0 radical (unpaired) electrons. The molecule has 2 rings (SSSR count). The first kappa shape index (κ1) is 13.1. The molecule has 2 heterocycles. The van der Waals surface area contributed by atoms with Crippen LogP contribution in [0.2, 0.25) is 0 Å². The topological polar surface area (TPSA) is 62.6 Å². The largest absolute Gasteiger partial charge is 0.452 e. The van der Waals surface area contributed by atoms with Gasteiger partial charge in [-0.3, -0.25) is 9.59 Å². The first-order valence-corrected chi connectivity index (χ1v) is 6.61. The Hall–Kier alpha value is -1.30. The zero-order valence-electron chi connectivity index (χ0n) is 10.1. The summed E-state index contributed by atoms with van der Waals surface area (Å²) in [6, 6.07) is 3.63. The Bertz CT molecular complexity index is 448. The lowest BCUT2D eigenvalue weighted by molar-refractivity contribution is -0.137. The van der Waals surface area contributed by atoms with Gasteiger partial charge in [-0.25, -0.2) is 0 Å². The molecule has 1 aromatic rings. The van der Waals surface area contributed by atoms with Gasteiger partial charge < -0.3 is 14.6 Å². The minimum atomic E-state index is -0.119. The van der Waals surface area contributed by atoms with Gasteiger partial charge in [-0.1, -0.05) is 0 Å². The average molecular weight is 315 g/mol. The standard InChI is InChI=1S/C12H15BrN2O3/c1-15(7-9-3-4-10(13)18-9)12(17)8-2-5-11(16)14-6-8/h3-4,8H,2,5-7H2,1H3,(H,14,16)/t8-/m0/s1. The maximum absolute atomic E-state index is 12.1. The molecule has 2 amide bonds. The number of furan rings is 1. The van der Waals surface area contributed by atoms with Crippen molar-refractivity contribution in [2.75, 3.05) is 13.6 Å². The molecule has 5 nitrogen and oxygen atoms in total. The molecular weight excluding hydrogens is 300 g/mol. The van der Waals surface area contributed by atoms with Crippen LogP contribution in [0.4, 0.5) is 0 Å². The van der Waals surface area contributed by atoms with Crippen LogP contribution in [-0.4, -0.2) is 30.3 Å². The molecule has 1 aliphatic heterocycles. The van der Waals surface area contributed by atoms with Crippen LogP contribution in [0, 0.1) is 5.92 Å². The number of nitrogens with one attached hydrogen (secondary N) is 1. The lowest BCUT2D eigenvalue weighted by Gasteiger charge is -2.26. The predicted octanol–water partition coefficient (Wildman–Crippen LogP) is 1.53. The second-order valence-corrected chi connectivity index (χ2v) is 5.22. The maximum Gasteiger partial charge on any atom is 0.227 e. The van der Waals surface area contributed by atoms with Crippen molar-refractivity contribution >= 4 is 27.7 Å². The number of carbonyl (C=O) groups is 2. The molecule has 0 aliphatic carbocycles. The summed E-state index contributed by atoms with van der Waals surface area (Å²) < 4.78 is 6.02. The van der Waals surface area contributed by atoms with Gasteiger partial charge in [-0.05, 0) is 34.5 Å². The van der Waals surface area contributed by atoms with Crippen molar-refractivity contribution in [1.29, 1.82) is 0 Å². The third-order valence-corrected chi connectivity index (χ3v) is 3.44. The summed E-state index contributed by atoms with van der Waals surface area (Å²) in [5.41, 5.74) is 0. The van der Waals surface area contributed by atoms with Crippen LogP contribution in [0.1, 0.15) is 18.6 Å². The Morgan fingerprint density at radius 1 is 1.61 bits per heavy atom. The molecule has 98 valence electrons. The fourth-order valence-electron chi connectivity index (χ4n) is 2.00. The number of hydrogen-bond acceptors (Lipinski definition) is 3. The lowest BCUT2D eigenvalue weighted by atomic mass is 9.98. The molecule has 0 aromatic carbocycles. The summed E-state index contributed by atoms with van der Waals surface area (Å²) in [6.45, 7) is 0.874. The normalized spacial score (nSPS) is 19.4. The van der Waals surface area contributed by atoms with Crippen molar-refractivity contribution in [1.82, 2.24) is 10.2 Å². The third-order valence-electron chi connectivity index (χ3n) is 3.01. The second-order valence-electron chi connectivity index (χ2n) is 4.44. The van der Waals surface area contributed by atoms with Crippen LogP contribution in [-0.2, 0) is 16.1 Å². The van der Waals surface area contributed by atoms with E-state index in [1.165, 1.54) is 0 Å². The van der Waals surface area contributed by atoms with E-state index in [-0.39, 0.29) is 17.7 Å². The Morgan fingerprint density at radius 3 is 2.94 bits per heavy atom. The van der Waals surface area contributed by atoms with Crippen LogP contribution >= 0.6 is 15.9 Å². The van der Waals surface area contributed by atoms with E-state index < -0.39 is 0 Å². The van der Waals surface area contributed by atoms with Crippen LogP contribution < -0.4 is 5.32 Å². The fraction of sp³-hybridized carbons (Fsp3) is 0.500. The summed E-state index contributed by atoms with van der Waals surface area (Å²) in [5, 5.41) is 2.72. The minimum absolute atomic E-state index is 0.0247. The number of amides is 2. The molecule has 1 aromatic heterocycles. The van der Waals surface area contributed by atoms with Gasteiger partial charge in [0.05, 0.1) is 12.5 Å². The van der Waals surface area contributed by atoms with Gasteiger partial charge in [0.25, 0.3) is 0 Å². The molecule has 0 bridgehead atoms. The van der Waals surface area contributed by atoms with E-state index in [0.29, 0.717) is 30.6 Å². The molecule has 0 unspecified atom stereocenters. The van der Waals surface area contributed by atoms with Crippen molar-refractivity contribution in [2.24, 2.45) is 5.92 Å². The molecule has 1 fully saturated rings. The zero-order valence-corrected chi connectivity index (χ0v) is 11.7. The average Bonchev–Trinajstić information content (AvgIpc) is 2.75. The number of rotatable bonds is 3. The van der Waals surface area contributed by atoms with Crippen LogP contribution in [0.3, 0.4) is 0 Å². The molecule has 0 saturated carbocycles. The SMILES string of the molecule is CN(Cc1ccc(Br)o1)C(=O)[C@H]1CCC(=O)NC1. The van der Waals surface area contributed by atoms with E-state index in [1.54, 1.807) is 18.0 Å². The Morgan fingerprint density at radius 2 is 2.39 bits per heavy atom. The summed E-state index contributed by atoms with van der Waals surface area (Å²) in [4.78, 5) is 24.8. The van der Waals surface area contributed by atoms with Crippen LogP contribution in [0.15, 0.2) is 21.2 Å². The van der Waals surface area contributed by atoms with E-state index in [9.17, 15) is 9.59 Å². The van der Waals surface area contributed by atoms with E-state index in [4.69, 9.17) is 4.42 Å². The third kappa shape index (κ3) is 3.13. The van der Waals surface area contributed by atoms with Gasteiger partial charge in [0, 0.05) is 20.0 Å². The molecule has 1 aliphatic rings. The second kappa shape index (κ2) is 5.56. The van der Waals surface area contributed by atoms with Crippen LogP contribution in [0.5, 0.6) is 0 Å². The van der Waals surface area contributed by atoms with Crippen LogP contribution in [0.25, 0.3) is 0 Å². The highest BCUT2D eigenvalue weighted by Gasteiger charge is 2.27. The van der Waals surface area contributed by atoms with Crippen molar-refractivity contribution in [3.05, 3.63) is 22.6 Å². The van der Waals surface area contributed by atoms with Crippen molar-refractivity contribution in [2.45, 2.75) is 19.4 Å². The number of halogens is 1. The smallest absolute Gasteiger partial charge is 0.227 e. The summed E-state index contributed by atoms with van der Waals surface area (Å²) in [6.07, 6.45) is 1.05. The van der Waals surface area contributed by atoms with E-state index in [0.717, 1.165) is 5.76 Å². The number of carbonyl (C=O) groups excluding carboxylic acids is 2. The fourth-order valence-corrected chi connectivity index (χ4v) is 2.34. The van der Waals surface area contributed by atoms with Gasteiger partial charge in [0.1, 0.15) is 5.76 Å². The van der Waals surface area contributed by atoms with Gasteiger partial charge in [-0.15, -0.1) is 0 Å². The minimum Gasteiger partial charge on any atom is -0.452 e. The van der Waals surface area contributed by atoms with Gasteiger partial charge >= 0.3 is 0 Å². The first-order chi connectivity index (χ1) is 8.56. The Labute approximate surface area is 114 Å². The zero-order chi connectivity index (χ0) is 13.1. The molecule has 1 N–H and O–H groups in total. The van der Waals surface area contributed by atoms with E-state index in [1.807, 2.05) is 6.07 Å².